The minimum Gasteiger partial charge on any atom is -0.361 e. The summed E-state index contributed by atoms with van der Waals surface area (Å²) in [5.74, 6) is 0.579. The molecule has 0 atom stereocenters. The Hall–Kier alpha value is -1.28. The van der Waals surface area contributed by atoms with E-state index in [4.69, 9.17) is 5.73 Å². The monoisotopic (exact) mass is 228 g/mol. The summed E-state index contributed by atoms with van der Waals surface area (Å²) >= 11 is 0. The standard InChI is InChI=1S/C15H20N2/c1-10(2)11-3-4-14-12(7-11)13(8-17-14)15(9-16)5-6-15/h3-4,7-8,10,17H,5-6,9,16H2,1-2H3. The van der Waals surface area contributed by atoms with E-state index in [0.29, 0.717) is 5.92 Å². The quantitative estimate of drug-likeness (QED) is 0.831. The summed E-state index contributed by atoms with van der Waals surface area (Å²) in [6.07, 6.45) is 4.64. The van der Waals surface area contributed by atoms with Crippen LogP contribution in [0, 0.1) is 0 Å². The lowest BCUT2D eigenvalue weighted by Gasteiger charge is -2.12. The van der Waals surface area contributed by atoms with Crippen LogP contribution in [0.5, 0.6) is 0 Å². The lowest BCUT2D eigenvalue weighted by atomic mass is 9.93. The average molecular weight is 228 g/mol. The maximum Gasteiger partial charge on any atom is 0.0457 e. The molecule has 1 saturated carbocycles. The number of hydrogen-bond acceptors (Lipinski definition) is 1. The van der Waals surface area contributed by atoms with Crippen LogP contribution in [-0.2, 0) is 5.41 Å². The number of fused-ring (bicyclic) bond motifs is 1. The van der Waals surface area contributed by atoms with Crippen molar-refractivity contribution in [1.29, 1.82) is 0 Å². The Bertz CT molecular complexity index is 547. The Morgan fingerprint density at radius 1 is 1.35 bits per heavy atom. The van der Waals surface area contributed by atoms with Gasteiger partial charge in [-0.3, -0.25) is 0 Å². The predicted molar refractivity (Wildman–Crippen MR) is 72.4 cm³/mol. The summed E-state index contributed by atoms with van der Waals surface area (Å²) in [6.45, 7) is 5.25. The molecular weight excluding hydrogens is 208 g/mol. The molecule has 0 saturated heterocycles. The van der Waals surface area contributed by atoms with E-state index in [2.05, 4.69) is 43.2 Å². The first-order valence-corrected chi connectivity index (χ1v) is 6.48. The van der Waals surface area contributed by atoms with Crippen LogP contribution in [0.1, 0.15) is 43.7 Å². The van der Waals surface area contributed by atoms with Crippen LogP contribution >= 0.6 is 0 Å². The second-order valence-electron chi connectivity index (χ2n) is 5.65. The van der Waals surface area contributed by atoms with Gasteiger partial charge in [-0.2, -0.15) is 0 Å². The van der Waals surface area contributed by atoms with E-state index in [0.717, 1.165) is 6.54 Å². The zero-order valence-corrected chi connectivity index (χ0v) is 10.6. The first kappa shape index (κ1) is 10.8. The van der Waals surface area contributed by atoms with E-state index in [9.17, 15) is 0 Å². The van der Waals surface area contributed by atoms with Crippen LogP contribution in [0.25, 0.3) is 10.9 Å². The minimum atomic E-state index is 0.272. The van der Waals surface area contributed by atoms with E-state index in [1.54, 1.807) is 0 Å². The number of aromatic nitrogens is 1. The predicted octanol–water partition coefficient (Wildman–Crippen LogP) is 3.28. The topological polar surface area (TPSA) is 41.8 Å². The Morgan fingerprint density at radius 2 is 2.12 bits per heavy atom. The van der Waals surface area contributed by atoms with Crippen molar-refractivity contribution < 1.29 is 0 Å². The van der Waals surface area contributed by atoms with Crippen molar-refractivity contribution in [1.82, 2.24) is 4.98 Å². The smallest absolute Gasteiger partial charge is 0.0457 e. The third-order valence-electron chi connectivity index (χ3n) is 4.19. The number of aromatic amines is 1. The van der Waals surface area contributed by atoms with E-state index < -0.39 is 0 Å². The van der Waals surface area contributed by atoms with Crippen LogP contribution < -0.4 is 5.73 Å². The minimum absolute atomic E-state index is 0.272. The summed E-state index contributed by atoms with van der Waals surface area (Å²) in [4.78, 5) is 3.38. The van der Waals surface area contributed by atoms with Gasteiger partial charge < -0.3 is 10.7 Å². The molecule has 1 aliphatic carbocycles. The maximum atomic E-state index is 5.93. The van der Waals surface area contributed by atoms with Crippen LogP contribution in [0.15, 0.2) is 24.4 Å². The number of rotatable bonds is 3. The van der Waals surface area contributed by atoms with Gasteiger partial charge in [0.05, 0.1) is 0 Å². The lowest BCUT2D eigenvalue weighted by Crippen LogP contribution is -2.19. The number of H-pyrrole nitrogens is 1. The van der Waals surface area contributed by atoms with Gasteiger partial charge in [-0.15, -0.1) is 0 Å². The molecule has 17 heavy (non-hydrogen) atoms. The van der Waals surface area contributed by atoms with E-state index in [1.807, 2.05) is 0 Å². The highest BCUT2D eigenvalue weighted by Gasteiger charge is 2.44. The normalized spacial score (nSPS) is 17.9. The molecule has 1 aromatic carbocycles. The van der Waals surface area contributed by atoms with Gasteiger partial charge >= 0.3 is 0 Å². The highest BCUT2D eigenvalue weighted by Crippen LogP contribution is 2.49. The summed E-state index contributed by atoms with van der Waals surface area (Å²) in [5, 5.41) is 1.37. The van der Waals surface area contributed by atoms with Gasteiger partial charge in [-0.25, -0.2) is 0 Å². The number of nitrogens with one attached hydrogen (secondary N) is 1. The average Bonchev–Trinajstić information content (AvgIpc) is 3.01. The van der Waals surface area contributed by atoms with Crippen molar-refractivity contribution in [2.45, 2.75) is 38.0 Å². The van der Waals surface area contributed by atoms with E-state index >= 15 is 0 Å². The highest BCUT2D eigenvalue weighted by atomic mass is 14.7. The van der Waals surface area contributed by atoms with Crippen molar-refractivity contribution in [2.75, 3.05) is 6.54 Å². The fourth-order valence-electron chi connectivity index (χ4n) is 2.67. The summed E-state index contributed by atoms with van der Waals surface area (Å²) in [5.41, 5.74) is 10.3. The molecule has 3 rings (SSSR count). The van der Waals surface area contributed by atoms with Gasteiger partial charge in [0.15, 0.2) is 0 Å². The lowest BCUT2D eigenvalue weighted by molar-refractivity contribution is 0.711. The molecule has 2 nitrogen and oxygen atoms in total. The highest BCUT2D eigenvalue weighted by molar-refractivity contribution is 5.85. The SMILES string of the molecule is CC(C)c1ccc2[nH]cc(C3(CN)CC3)c2c1. The summed E-state index contributed by atoms with van der Waals surface area (Å²) in [7, 11) is 0. The van der Waals surface area contributed by atoms with Crippen molar-refractivity contribution in [3.05, 3.63) is 35.5 Å². The molecule has 3 N–H and O–H groups in total. The van der Waals surface area contributed by atoms with Gasteiger partial charge in [0.1, 0.15) is 0 Å². The number of nitrogens with two attached hydrogens (primary N) is 1. The Labute approximate surface area is 102 Å². The van der Waals surface area contributed by atoms with Crippen LogP contribution in [0.4, 0.5) is 0 Å². The largest absolute Gasteiger partial charge is 0.361 e. The summed E-state index contributed by atoms with van der Waals surface area (Å²) in [6, 6.07) is 6.75. The number of benzene rings is 1. The van der Waals surface area contributed by atoms with Crippen molar-refractivity contribution >= 4 is 10.9 Å². The van der Waals surface area contributed by atoms with Gasteiger partial charge in [0.25, 0.3) is 0 Å². The van der Waals surface area contributed by atoms with Crippen LogP contribution in [0.2, 0.25) is 0 Å². The molecule has 90 valence electrons. The molecule has 2 aromatic rings. The molecule has 0 radical (unpaired) electrons. The zero-order chi connectivity index (χ0) is 12.0. The molecule has 0 spiro atoms. The van der Waals surface area contributed by atoms with Crippen molar-refractivity contribution in [3.63, 3.8) is 0 Å². The third kappa shape index (κ3) is 1.59. The Balaban J connectivity index is 2.16. The molecule has 1 fully saturated rings. The third-order valence-corrected chi connectivity index (χ3v) is 4.19. The summed E-state index contributed by atoms with van der Waals surface area (Å²) < 4.78 is 0. The van der Waals surface area contributed by atoms with E-state index in [-0.39, 0.29) is 5.41 Å². The molecule has 0 unspecified atom stereocenters. The fraction of sp³-hybridized carbons (Fsp3) is 0.467. The second-order valence-corrected chi connectivity index (χ2v) is 5.65. The van der Waals surface area contributed by atoms with E-state index in [1.165, 1.54) is 34.9 Å². The molecule has 0 aliphatic heterocycles. The van der Waals surface area contributed by atoms with Gasteiger partial charge in [-0.05, 0) is 42.0 Å². The van der Waals surface area contributed by atoms with Crippen molar-refractivity contribution in [3.8, 4) is 0 Å². The molecule has 1 aromatic heterocycles. The van der Waals surface area contributed by atoms with Crippen LogP contribution in [0.3, 0.4) is 0 Å². The maximum absolute atomic E-state index is 5.93. The molecule has 1 aliphatic rings. The molecule has 1 heterocycles. The Kier molecular flexibility index (Phi) is 2.30. The Morgan fingerprint density at radius 3 is 2.71 bits per heavy atom. The van der Waals surface area contributed by atoms with Gasteiger partial charge in [-0.1, -0.05) is 19.9 Å². The zero-order valence-electron chi connectivity index (χ0n) is 10.6. The molecule has 0 bridgehead atoms. The molecular formula is C15H20N2. The number of hydrogen-bond donors (Lipinski definition) is 2. The van der Waals surface area contributed by atoms with Crippen LogP contribution in [-0.4, -0.2) is 11.5 Å². The van der Waals surface area contributed by atoms with Gasteiger partial charge in [0.2, 0.25) is 0 Å². The fourth-order valence-corrected chi connectivity index (χ4v) is 2.67. The second kappa shape index (κ2) is 3.61. The first-order valence-electron chi connectivity index (χ1n) is 6.48. The first-order chi connectivity index (χ1) is 8.16. The van der Waals surface area contributed by atoms with Gasteiger partial charge in [0, 0.05) is 29.1 Å². The van der Waals surface area contributed by atoms with Crippen molar-refractivity contribution in [2.24, 2.45) is 5.73 Å². The molecule has 2 heteroatoms. The molecule has 0 amide bonds.